The van der Waals surface area contributed by atoms with Gasteiger partial charge >= 0.3 is 0 Å². The topological polar surface area (TPSA) is 12.0 Å². The van der Waals surface area contributed by atoms with Crippen molar-refractivity contribution in [3.63, 3.8) is 0 Å². The molecule has 0 aromatic heterocycles. The van der Waals surface area contributed by atoms with Gasteiger partial charge in [-0.15, -0.1) is 0 Å². The van der Waals surface area contributed by atoms with Crippen LogP contribution in [-0.2, 0) is 0 Å². The van der Waals surface area contributed by atoms with Gasteiger partial charge in [-0.25, -0.2) is 0 Å². The summed E-state index contributed by atoms with van der Waals surface area (Å²) in [6.07, 6.45) is 2.88. The quantitative estimate of drug-likeness (QED) is 0.539. The van der Waals surface area contributed by atoms with E-state index in [9.17, 15) is 0 Å². The van der Waals surface area contributed by atoms with Crippen molar-refractivity contribution >= 4 is 0 Å². The van der Waals surface area contributed by atoms with Gasteiger partial charge in [0.15, 0.2) is 0 Å². The Morgan fingerprint density at radius 3 is 2.20 bits per heavy atom. The third kappa shape index (κ3) is 0.968. The largest absolute Gasteiger partial charge is 0.310 e. The fourth-order valence-corrected chi connectivity index (χ4v) is 1.94. The second-order valence-corrected chi connectivity index (χ2v) is 4.92. The molecule has 1 aliphatic heterocycles. The molecular formula is C9H17N. The molecule has 1 N–H and O–H groups in total. The van der Waals surface area contributed by atoms with Gasteiger partial charge in [-0.05, 0) is 24.2 Å². The first kappa shape index (κ1) is 6.66. The van der Waals surface area contributed by atoms with Crippen LogP contribution >= 0.6 is 0 Å². The average molecular weight is 139 g/mol. The first-order chi connectivity index (χ1) is 4.57. The van der Waals surface area contributed by atoms with Gasteiger partial charge in [0, 0.05) is 12.1 Å². The van der Waals surface area contributed by atoms with Crippen LogP contribution in [0.5, 0.6) is 0 Å². The molecule has 0 unspecified atom stereocenters. The monoisotopic (exact) mass is 139 g/mol. The SMILES string of the molecule is CC(C)(C)[C@H]1C[C@H]2C[C@H]2N1. The Morgan fingerprint density at radius 2 is 1.90 bits per heavy atom. The van der Waals surface area contributed by atoms with Crippen molar-refractivity contribution in [1.82, 2.24) is 5.32 Å². The fourth-order valence-electron chi connectivity index (χ4n) is 1.94. The van der Waals surface area contributed by atoms with E-state index >= 15 is 0 Å². The molecule has 0 bridgehead atoms. The molecule has 58 valence electrons. The van der Waals surface area contributed by atoms with E-state index in [1.165, 1.54) is 12.8 Å². The lowest BCUT2D eigenvalue weighted by Crippen LogP contribution is -2.37. The molecule has 10 heavy (non-hydrogen) atoms. The van der Waals surface area contributed by atoms with E-state index < -0.39 is 0 Å². The molecule has 0 amide bonds. The summed E-state index contributed by atoms with van der Waals surface area (Å²) in [6.45, 7) is 6.99. The molecule has 0 spiro atoms. The van der Waals surface area contributed by atoms with Crippen molar-refractivity contribution in [3.05, 3.63) is 0 Å². The van der Waals surface area contributed by atoms with Gasteiger partial charge in [0.05, 0.1) is 0 Å². The van der Waals surface area contributed by atoms with Crippen LogP contribution < -0.4 is 5.32 Å². The summed E-state index contributed by atoms with van der Waals surface area (Å²) in [5, 5.41) is 3.67. The highest BCUT2D eigenvalue weighted by molar-refractivity contribution is 5.06. The maximum atomic E-state index is 3.67. The molecule has 0 aromatic carbocycles. The van der Waals surface area contributed by atoms with E-state index in [2.05, 4.69) is 26.1 Å². The molecule has 1 saturated carbocycles. The fraction of sp³-hybridized carbons (Fsp3) is 1.00. The number of fused-ring (bicyclic) bond motifs is 1. The van der Waals surface area contributed by atoms with Crippen molar-refractivity contribution in [3.8, 4) is 0 Å². The van der Waals surface area contributed by atoms with Crippen molar-refractivity contribution < 1.29 is 0 Å². The van der Waals surface area contributed by atoms with E-state index in [1.807, 2.05) is 0 Å². The Bertz CT molecular complexity index is 135. The highest BCUT2D eigenvalue weighted by Crippen LogP contribution is 2.44. The summed E-state index contributed by atoms with van der Waals surface area (Å²) < 4.78 is 0. The van der Waals surface area contributed by atoms with Crippen LogP contribution in [0.3, 0.4) is 0 Å². The smallest absolute Gasteiger partial charge is 0.0121 e. The lowest BCUT2D eigenvalue weighted by Gasteiger charge is -2.28. The van der Waals surface area contributed by atoms with E-state index in [4.69, 9.17) is 0 Å². The van der Waals surface area contributed by atoms with Crippen molar-refractivity contribution in [2.24, 2.45) is 11.3 Å². The molecule has 0 aromatic rings. The van der Waals surface area contributed by atoms with Crippen LogP contribution in [0, 0.1) is 11.3 Å². The predicted octanol–water partition coefficient (Wildman–Crippen LogP) is 1.78. The summed E-state index contributed by atoms with van der Waals surface area (Å²) in [6, 6.07) is 1.69. The maximum absolute atomic E-state index is 3.67. The molecule has 0 radical (unpaired) electrons. The van der Waals surface area contributed by atoms with E-state index in [1.54, 1.807) is 0 Å². The Morgan fingerprint density at radius 1 is 1.20 bits per heavy atom. The van der Waals surface area contributed by atoms with Crippen molar-refractivity contribution in [2.75, 3.05) is 0 Å². The zero-order valence-electron chi connectivity index (χ0n) is 7.15. The number of hydrogen-bond donors (Lipinski definition) is 1. The van der Waals surface area contributed by atoms with E-state index in [-0.39, 0.29) is 0 Å². The summed E-state index contributed by atoms with van der Waals surface area (Å²) in [5.74, 6) is 1.05. The van der Waals surface area contributed by atoms with Crippen molar-refractivity contribution in [1.29, 1.82) is 0 Å². The van der Waals surface area contributed by atoms with Gasteiger partial charge in [-0.2, -0.15) is 0 Å². The van der Waals surface area contributed by atoms with Gasteiger partial charge in [-0.1, -0.05) is 20.8 Å². The number of nitrogens with one attached hydrogen (secondary N) is 1. The first-order valence-electron chi connectivity index (χ1n) is 4.33. The molecule has 2 rings (SSSR count). The standard InChI is InChI=1S/C9H17N/c1-9(2,3)8-5-6-4-7(6)10-8/h6-8,10H,4-5H2,1-3H3/t6-,7-,8-/m1/s1. The molecule has 1 heterocycles. The zero-order chi connectivity index (χ0) is 7.35. The van der Waals surface area contributed by atoms with Crippen LogP contribution in [0.2, 0.25) is 0 Å². The van der Waals surface area contributed by atoms with Gasteiger partial charge in [-0.3, -0.25) is 0 Å². The molecule has 1 aliphatic carbocycles. The minimum absolute atomic E-state index is 0.480. The second kappa shape index (κ2) is 1.76. The molecular weight excluding hydrogens is 122 g/mol. The molecule has 1 nitrogen and oxygen atoms in total. The van der Waals surface area contributed by atoms with E-state index in [0.717, 1.165) is 18.0 Å². The Labute approximate surface area is 63.2 Å². The second-order valence-electron chi connectivity index (χ2n) is 4.92. The number of piperidine rings is 1. The average Bonchev–Trinajstić information content (AvgIpc) is 2.38. The van der Waals surface area contributed by atoms with Gasteiger partial charge in [0.2, 0.25) is 0 Å². The first-order valence-corrected chi connectivity index (χ1v) is 4.33. The van der Waals surface area contributed by atoms with Crippen molar-refractivity contribution in [2.45, 2.75) is 45.7 Å². The normalized spacial score (nSPS) is 45.3. The van der Waals surface area contributed by atoms with Crippen LogP contribution in [0.15, 0.2) is 0 Å². The third-order valence-electron chi connectivity index (χ3n) is 2.92. The Kier molecular flexibility index (Phi) is 1.17. The maximum Gasteiger partial charge on any atom is 0.0121 e. The molecule has 2 aliphatic rings. The minimum atomic E-state index is 0.480. The highest BCUT2D eigenvalue weighted by Gasteiger charge is 2.48. The number of hydrogen-bond acceptors (Lipinski definition) is 1. The van der Waals surface area contributed by atoms with Crippen LogP contribution in [0.1, 0.15) is 33.6 Å². The molecule has 1 saturated heterocycles. The predicted molar refractivity (Wildman–Crippen MR) is 42.9 cm³/mol. The number of rotatable bonds is 0. The summed E-state index contributed by atoms with van der Waals surface area (Å²) in [4.78, 5) is 0. The summed E-state index contributed by atoms with van der Waals surface area (Å²) in [5.41, 5.74) is 0.480. The lowest BCUT2D eigenvalue weighted by molar-refractivity contribution is 0.276. The lowest BCUT2D eigenvalue weighted by atomic mass is 9.85. The molecule has 2 fully saturated rings. The molecule has 3 atom stereocenters. The summed E-state index contributed by atoms with van der Waals surface area (Å²) >= 11 is 0. The van der Waals surface area contributed by atoms with Gasteiger partial charge in [0.1, 0.15) is 0 Å². The van der Waals surface area contributed by atoms with Crippen LogP contribution in [-0.4, -0.2) is 12.1 Å². The van der Waals surface area contributed by atoms with E-state index in [0.29, 0.717) is 5.41 Å². The van der Waals surface area contributed by atoms with Crippen LogP contribution in [0.4, 0.5) is 0 Å². The zero-order valence-corrected chi connectivity index (χ0v) is 7.15. The Hall–Kier alpha value is -0.0400. The minimum Gasteiger partial charge on any atom is -0.310 e. The molecule has 1 heteroatoms. The highest BCUT2D eigenvalue weighted by atomic mass is 15.1. The van der Waals surface area contributed by atoms with Gasteiger partial charge < -0.3 is 5.32 Å². The van der Waals surface area contributed by atoms with Crippen LogP contribution in [0.25, 0.3) is 0 Å². The third-order valence-corrected chi connectivity index (χ3v) is 2.92. The Balaban J connectivity index is 1.97. The van der Waals surface area contributed by atoms with Gasteiger partial charge in [0.25, 0.3) is 0 Å². The summed E-state index contributed by atoms with van der Waals surface area (Å²) in [7, 11) is 0.